The first kappa shape index (κ1) is 15.0. The van der Waals surface area contributed by atoms with Gasteiger partial charge in [-0.3, -0.25) is 9.59 Å². The average molecular weight is 311 g/mol. The number of amidine groups is 1. The highest BCUT2D eigenvalue weighted by Crippen LogP contribution is 2.24. The van der Waals surface area contributed by atoms with Crippen LogP contribution in [-0.2, 0) is 16.0 Å². The summed E-state index contributed by atoms with van der Waals surface area (Å²) in [7, 11) is 0. The fourth-order valence-corrected chi connectivity index (χ4v) is 2.64. The maximum Gasteiger partial charge on any atom is 0.259 e. The van der Waals surface area contributed by atoms with E-state index in [9.17, 15) is 9.59 Å². The molecule has 2 aliphatic heterocycles. The van der Waals surface area contributed by atoms with Crippen molar-refractivity contribution in [3.05, 3.63) is 41.1 Å². The minimum absolute atomic E-state index is 0.0996. The number of rotatable bonds is 3. The van der Waals surface area contributed by atoms with Crippen LogP contribution in [0.2, 0.25) is 0 Å². The van der Waals surface area contributed by atoms with Gasteiger partial charge in [-0.05, 0) is 31.0 Å². The lowest BCUT2D eigenvalue weighted by atomic mass is 9.90. The molecule has 0 saturated carbocycles. The van der Waals surface area contributed by atoms with Crippen LogP contribution < -0.4 is 16.4 Å². The third kappa shape index (κ3) is 2.61. The first-order chi connectivity index (χ1) is 11.0. The highest BCUT2D eigenvalue weighted by molar-refractivity contribution is 6.38. The van der Waals surface area contributed by atoms with Gasteiger partial charge >= 0.3 is 0 Å². The maximum absolute atomic E-state index is 12.6. The Morgan fingerprint density at radius 2 is 2.00 bits per heavy atom. The van der Waals surface area contributed by atoms with E-state index in [4.69, 9.17) is 5.73 Å². The number of carbonyl (C=O) groups excluding carboxylic acids is 2. The molecule has 0 spiro atoms. The van der Waals surface area contributed by atoms with Crippen LogP contribution in [0.15, 0.2) is 45.7 Å². The van der Waals surface area contributed by atoms with E-state index in [1.165, 1.54) is 5.56 Å². The Bertz CT molecular complexity index is 774. The van der Waals surface area contributed by atoms with Crippen molar-refractivity contribution >= 4 is 29.0 Å². The lowest BCUT2D eigenvalue weighted by Crippen LogP contribution is -2.47. The Morgan fingerprint density at radius 1 is 1.30 bits per heavy atom. The molecule has 23 heavy (non-hydrogen) atoms. The fourth-order valence-electron chi connectivity index (χ4n) is 2.64. The van der Waals surface area contributed by atoms with Crippen molar-refractivity contribution in [2.45, 2.75) is 20.3 Å². The van der Waals surface area contributed by atoms with Gasteiger partial charge in [-0.2, -0.15) is 5.10 Å². The van der Waals surface area contributed by atoms with Crippen molar-refractivity contribution in [1.29, 1.82) is 0 Å². The molecule has 0 saturated heterocycles. The number of fused-ring (bicyclic) bond motifs is 1. The molecule has 7 nitrogen and oxygen atoms in total. The highest BCUT2D eigenvalue weighted by atomic mass is 16.2. The molecule has 0 aromatic heterocycles. The summed E-state index contributed by atoms with van der Waals surface area (Å²) in [5, 5.41) is 13.1. The number of nitrogens with two attached hydrogens (primary N) is 1. The number of anilines is 1. The molecule has 0 fully saturated rings. The van der Waals surface area contributed by atoms with Gasteiger partial charge in [0.15, 0.2) is 0 Å². The Morgan fingerprint density at radius 3 is 2.65 bits per heavy atom. The second-order valence-electron chi connectivity index (χ2n) is 5.44. The number of carbonyl (C=O) groups is 2. The molecule has 118 valence electrons. The Kier molecular flexibility index (Phi) is 3.69. The minimum atomic E-state index is -0.790. The number of nitrogens with one attached hydrogen (secondary N) is 2. The number of hydrogen-bond acceptors (Lipinski definition) is 5. The summed E-state index contributed by atoms with van der Waals surface area (Å²) in [4.78, 5) is 24.6. The molecule has 1 unspecified atom stereocenters. The summed E-state index contributed by atoms with van der Waals surface area (Å²) < 4.78 is 0. The van der Waals surface area contributed by atoms with Gasteiger partial charge in [0, 0.05) is 11.4 Å². The largest absolute Gasteiger partial charge is 0.385 e. The Labute approximate surface area is 133 Å². The highest BCUT2D eigenvalue weighted by Gasteiger charge is 2.41. The van der Waals surface area contributed by atoms with Crippen LogP contribution in [0.3, 0.4) is 0 Å². The van der Waals surface area contributed by atoms with E-state index in [2.05, 4.69) is 27.8 Å². The zero-order valence-electron chi connectivity index (χ0n) is 12.9. The van der Waals surface area contributed by atoms with Crippen molar-refractivity contribution in [2.24, 2.45) is 21.9 Å². The number of aryl methyl sites for hydroxylation is 1. The van der Waals surface area contributed by atoms with Crippen LogP contribution in [0.25, 0.3) is 0 Å². The quantitative estimate of drug-likeness (QED) is 0.772. The van der Waals surface area contributed by atoms with E-state index in [0.29, 0.717) is 22.7 Å². The third-order valence-electron chi connectivity index (χ3n) is 3.89. The summed E-state index contributed by atoms with van der Waals surface area (Å²) in [6, 6.07) is 7.59. The SMILES string of the molecule is CCc1ccc(NC(=O)C2=C(C)NC(=O)C3C(N)=NN=C23)cc1. The zero-order valence-corrected chi connectivity index (χ0v) is 12.9. The van der Waals surface area contributed by atoms with Crippen LogP contribution in [-0.4, -0.2) is 23.4 Å². The lowest BCUT2D eigenvalue weighted by Gasteiger charge is -2.23. The predicted octanol–water partition coefficient (Wildman–Crippen LogP) is 0.934. The van der Waals surface area contributed by atoms with Crippen molar-refractivity contribution in [3.63, 3.8) is 0 Å². The molecule has 1 aromatic carbocycles. The normalized spacial score (nSPS) is 19.7. The first-order valence-electron chi connectivity index (χ1n) is 7.34. The molecular formula is C16H17N5O2. The van der Waals surface area contributed by atoms with Crippen LogP contribution in [0.1, 0.15) is 19.4 Å². The number of hydrogen-bond donors (Lipinski definition) is 3. The van der Waals surface area contributed by atoms with E-state index in [0.717, 1.165) is 6.42 Å². The summed E-state index contributed by atoms with van der Waals surface area (Å²) in [5.41, 5.74) is 8.60. The Balaban J connectivity index is 1.86. The van der Waals surface area contributed by atoms with Gasteiger partial charge in [0.25, 0.3) is 5.91 Å². The average Bonchev–Trinajstić information content (AvgIpc) is 2.90. The van der Waals surface area contributed by atoms with E-state index < -0.39 is 5.92 Å². The number of allylic oxidation sites excluding steroid dienone is 1. The smallest absolute Gasteiger partial charge is 0.259 e. The molecule has 1 aromatic rings. The second-order valence-corrected chi connectivity index (χ2v) is 5.44. The van der Waals surface area contributed by atoms with Gasteiger partial charge < -0.3 is 16.4 Å². The summed E-state index contributed by atoms with van der Waals surface area (Å²) in [6.45, 7) is 3.72. The molecule has 0 radical (unpaired) electrons. The zero-order chi connectivity index (χ0) is 16.6. The number of nitrogens with zero attached hydrogens (tertiary/aromatic N) is 2. The lowest BCUT2D eigenvalue weighted by molar-refractivity contribution is -0.120. The molecule has 2 amide bonds. The van der Waals surface area contributed by atoms with E-state index in [1.54, 1.807) is 6.92 Å². The molecule has 7 heteroatoms. The minimum Gasteiger partial charge on any atom is -0.385 e. The first-order valence-corrected chi connectivity index (χ1v) is 7.34. The van der Waals surface area contributed by atoms with Crippen molar-refractivity contribution < 1.29 is 9.59 Å². The van der Waals surface area contributed by atoms with Gasteiger partial charge in [0.2, 0.25) is 5.91 Å². The van der Waals surface area contributed by atoms with Crippen LogP contribution in [0.5, 0.6) is 0 Å². The van der Waals surface area contributed by atoms with Crippen molar-refractivity contribution in [1.82, 2.24) is 5.32 Å². The van der Waals surface area contributed by atoms with Crippen molar-refractivity contribution in [3.8, 4) is 0 Å². The van der Waals surface area contributed by atoms with E-state index in [1.807, 2.05) is 24.3 Å². The van der Waals surface area contributed by atoms with Gasteiger partial charge in [0.05, 0.1) is 11.3 Å². The molecule has 2 aliphatic rings. The second kappa shape index (κ2) is 5.68. The molecule has 0 aliphatic carbocycles. The Hall–Kier alpha value is -2.96. The van der Waals surface area contributed by atoms with Gasteiger partial charge in [-0.1, -0.05) is 19.1 Å². The van der Waals surface area contributed by atoms with Crippen LogP contribution >= 0.6 is 0 Å². The molecular weight excluding hydrogens is 294 g/mol. The standard InChI is InChI=1S/C16H17N5O2/c1-3-9-4-6-10(7-5-9)19-15(22)11-8(2)18-16(23)12-13(11)20-21-14(12)17/h4-7,12H,3H2,1-2H3,(H2,17,21)(H,18,23)(H,19,22). The third-order valence-corrected chi connectivity index (χ3v) is 3.89. The van der Waals surface area contributed by atoms with Gasteiger partial charge in [-0.15, -0.1) is 5.10 Å². The number of amides is 2. The van der Waals surface area contributed by atoms with Crippen molar-refractivity contribution in [2.75, 3.05) is 5.32 Å². The topological polar surface area (TPSA) is 109 Å². The monoisotopic (exact) mass is 311 g/mol. The fraction of sp³-hybridized carbons (Fsp3) is 0.250. The maximum atomic E-state index is 12.6. The van der Waals surface area contributed by atoms with Gasteiger partial charge in [0.1, 0.15) is 11.8 Å². The summed E-state index contributed by atoms with van der Waals surface area (Å²) in [5.74, 6) is -1.35. The van der Waals surface area contributed by atoms with E-state index in [-0.39, 0.29) is 17.6 Å². The predicted molar refractivity (Wildman–Crippen MR) is 87.8 cm³/mol. The van der Waals surface area contributed by atoms with Crippen LogP contribution in [0, 0.1) is 5.92 Å². The van der Waals surface area contributed by atoms with Crippen LogP contribution in [0.4, 0.5) is 5.69 Å². The molecule has 0 bridgehead atoms. The summed E-state index contributed by atoms with van der Waals surface area (Å²) in [6.07, 6.45) is 0.930. The molecule has 1 atom stereocenters. The molecule has 4 N–H and O–H groups in total. The van der Waals surface area contributed by atoms with E-state index >= 15 is 0 Å². The molecule has 2 heterocycles. The van der Waals surface area contributed by atoms with Gasteiger partial charge in [-0.25, -0.2) is 0 Å². The number of benzene rings is 1. The summed E-state index contributed by atoms with van der Waals surface area (Å²) >= 11 is 0. The molecule has 3 rings (SSSR count).